The van der Waals surface area contributed by atoms with Gasteiger partial charge in [0.15, 0.2) is 0 Å². The highest BCUT2D eigenvalue weighted by atomic mass is 35.5. The van der Waals surface area contributed by atoms with E-state index in [2.05, 4.69) is 0 Å². The molecule has 0 aliphatic carbocycles. The van der Waals surface area contributed by atoms with E-state index in [4.69, 9.17) is 16.3 Å². The second-order valence-corrected chi connectivity index (χ2v) is 4.06. The minimum Gasteiger partial charge on any atom is -0.489 e. The Kier molecular flexibility index (Phi) is 4.43. The average Bonchev–Trinajstić information content (AvgIpc) is 2.28. The predicted molar refractivity (Wildman–Crippen MR) is 62.5 cm³/mol. The van der Waals surface area contributed by atoms with Crippen molar-refractivity contribution in [2.24, 2.45) is 0 Å². The third-order valence-electron chi connectivity index (χ3n) is 2.65. The minimum absolute atomic E-state index is 0.281. The number of rotatable bonds is 5. The van der Waals surface area contributed by atoms with Gasteiger partial charge in [0.05, 0.1) is 10.6 Å². The summed E-state index contributed by atoms with van der Waals surface area (Å²) in [5.41, 5.74) is -0.751. The largest absolute Gasteiger partial charge is 0.489 e. The molecule has 84 valence electrons. The van der Waals surface area contributed by atoms with Crippen molar-refractivity contribution in [3.63, 3.8) is 0 Å². The highest BCUT2D eigenvalue weighted by Gasteiger charge is 2.23. The number of hydrogen-bond acceptors (Lipinski definition) is 2. The molecule has 1 aromatic rings. The number of aliphatic hydroxyl groups is 1. The zero-order chi connectivity index (χ0) is 11.3. The van der Waals surface area contributed by atoms with Crippen LogP contribution >= 0.6 is 11.6 Å². The maximum Gasteiger partial charge on any atom is 0.138 e. The summed E-state index contributed by atoms with van der Waals surface area (Å²) in [7, 11) is 0. The third kappa shape index (κ3) is 3.40. The second-order valence-electron chi connectivity index (χ2n) is 3.65. The maximum absolute atomic E-state index is 10.0. The van der Waals surface area contributed by atoms with Gasteiger partial charge in [0, 0.05) is 0 Å². The molecule has 1 N–H and O–H groups in total. The van der Waals surface area contributed by atoms with Crippen LogP contribution in [0.2, 0.25) is 5.02 Å². The van der Waals surface area contributed by atoms with E-state index in [1.807, 2.05) is 26.0 Å². The van der Waals surface area contributed by atoms with Gasteiger partial charge in [-0.15, -0.1) is 0 Å². The fraction of sp³-hybridized carbons (Fsp3) is 0.500. The second kappa shape index (κ2) is 5.38. The fourth-order valence-electron chi connectivity index (χ4n) is 1.23. The molecule has 0 unspecified atom stereocenters. The standard InChI is InChI=1S/C12H17ClO2/c1-3-12(14,4-2)9-15-11-8-6-5-7-10(11)13/h5-8,14H,3-4,9H2,1-2H3. The van der Waals surface area contributed by atoms with E-state index in [0.717, 1.165) is 0 Å². The van der Waals surface area contributed by atoms with Crippen molar-refractivity contribution in [3.05, 3.63) is 29.3 Å². The zero-order valence-corrected chi connectivity index (χ0v) is 9.92. The van der Waals surface area contributed by atoms with Gasteiger partial charge in [-0.1, -0.05) is 37.6 Å². The van der Waals surface area contributed by atoms with Gasteiger partial charge in [-0.3, -0.25) is 0 Å². The first-order valence-corrected chi connectivity index (χ1v) is 5.59. The summed E-state index contributed by atoms with van der Waals surface area (Å²) in [4.78, 5) is 0. The van der Waals surface area contributed by atoms with E-state index in [0.29, 0.717) is 23.6 Å². The number of benzene rings is 1. The molecule has 1 rings (SSSR count). The third-order valence-corrected chi connectivity index (χ3v) is 2.96. The lowest BCUT2D eigenvalue weighted by Gasteiger charge is -2.25. The first-order valence-electron chi connectivity index (χ1n) is 5.21. The molecule has 0 aliphatic rings. The molecule has 2 nitrogen and oxygen atoms in total. The molecular formula is C12H17ClO2. The highest BCUT2D eigenvalue weighted by molar-refractivity contribution is 6.32. The van der Waals surface area contributed by atoms with E-state index in [1.165, 1.54) is 0 Å². The lowest BCUT2D eigenvalue weighted by atomic mass is 9.99. The molecule has 0 saturated heterocycles. The number of para-hydroxylation sites is 1. The van der Waals surface area contributed by atoms with E-state index >= 15 is 0 Å². The summed E-state index contributed by atoms with van der Waals surface area (Å²) >= 11 is 5.93. The topological polar surface area (TPSA) is 29.5 Å². The van der Waals surface area contributed by atoms with Gasteiger partial charge in [-0.25, -0.2) is 0 Å². The van der Waals surface area contributed by atoms with E-state index in [9.17, 15) is 5.11 Å². The Morgan fingerprint density at radius 3 is 2.40 bits per heavy atom. The van der Waals surface area contributed by atoms with Crippen molar-refractivity contribution in [1.29, 1.82) is 0 Å². The quantitative estimate of drug-likeness (QED) is 0.838. The van der Waals surface area contributed by atoms with Gasteiger partial charge in [0.1, 0.15) is 12.4 Å². The van der Waals surface area contributed by atoms with Crippen LogP contribution in [0.1, 0.15) is 26.7 Å². The lowest BCUT2D eigenvalue weighted by molar-refractivity contribution is -0.0113. The summed E-state index contributed by atoms with van der Waals surface area (Å²) in [6, 6.07) is 7.28. The first kappa shape index (κ1) is 12.3. The van der Waals surface area contributed by atoms with E-state index in [-0.39, 0.29) is 6.61 Å². The molecule has 0 spiro atoms. The van der Waals surface area contributed by atoms with Crippen LogP contribution in [-0.4, -0.2) is 17.3 Å². The number of hydrogen-bond donors (Lipinski definition) is 1. The maximum atomic E-state index is 10.0. The highest BCUT2D eigenvalue weighted by Crippen LogP contribution is 2.25. The van der Waals surface area contributed by atoms with Crippen LogP contribution in [0, 0.1) is 0 Å². The van der Waals surface area contributed by atoms with Gasteiger partial charge in [-0.2, -0.15) is 0 Å². The molecular weight excluding hydrogens is 212 g/mol. The van der Waals surface area contributed by atoms with Gasteiger partial charge in [0.2, 0.25) is 0 Å². The van der Waals surface area contributed by atoms with Crippen LogP contribution in [0.15, 0.2) is 24.3 Å². The molecule has 0 saturated carbocycles. The van der Waals surface area contributed by atoms with Crippen molar-refractivity contribution < 1.29 is 9.84 Å². The van der Waals surface area contributed by atoms with Crippen molar-refractivity contribution in [2.75, 3.05) is 6.61 Å². The number of halogens is 1. The molecule has 0 bridgehead atoms. The van der Waals surface area contributed by atoms with Crippen molar-refractivity contribution >= 4 is 11.6 Å². The first-order chi connectivity index (χ1) is 7.11. The van der Waals surface area contributed by atoms with Crippen LogP contribution in [0.4, 0.5) is 0 Å². The summed E-state index contributed by atoms with van der Waals surface area (Å²) in [5, 5.41) is 10.6. The van der Waals surface area contributed by atoms with E-state index in [1.54, 1.807) is 12.1 Å². The molecule has 0 radical (unpaired) electrons. The molecule has 0 atom stereocenters. The summed E-state index contributed by atoms with van der Waals surface area (Å²) in [5.74, 6) is 0.625. The fourth-order valence-corrected chi connectivity index (χ4v) is 1.42. The molecule has 0 fully saturated rings. The summed E-state index contributed by atoms with van der Waals surface area (Å²) in [6.07, 6.45) is 1.35. The monoisotopic (exact) mass is 228 g/mol. The Bertz CT molecular complexity index is 308. The average molecular weight is 229 g/mol. The Morgan fingerprint density at radius 2 is 1.87 bits per heavy atom. The van der Waals surface area contributed by atoms with Crippen molar-refractivity contribution in [2.45, 2.75) is 32.3 Å². The van der Waals surface area contributed by atoms with Gasteiger partial charge >= 0.3 is 0 Å². The Hall–Kier alpha value is -0.730. The lowest BCUT2D eigenvalue weighted by Crippen LogP contribution is -2.34. The van der Waals surface area contributed by atoms with Gasteiger partial charge < -0.3 is 9.84 Å². The zero-order valence-electron chi connectivity index (χ0n) is 9.16. The van der Waals surface area contributed by atoms with Crippen LogP contribution in [0.3, 0.4) is 0 Å². The molecule has 0 amide bonds. The summed E-state index contributed by atoms with van der Waals surface area (Å²) in [6.45, 7) is 4.17. The van der Waals surface area contributed by atoms with Crippen LogP contribution in [0.25, 0.3) is 0 Å². The molecule has 3 heteroatoms. The molecule has 15 heavy (non-hydrogen) atoms. The van der Waals surface area contributed by atoms with Gasteiger partial charge in [0.25, 0.3) is 0 Å². The van der Waals surface area contributed by atoms with Crippen LogP contribution < -0.4 is 4.74 Å². The van der Waals surface area contributed by atoms with Crippen molar-refractivity contribution in [1.82, 2.24) is 0 Å². The SMILES string of the molecule is CCC(O)(CC)COc1ccccc1Cl. The Balaban J connectivity index is 2.61. The molecule has 0 aliphatic heterocycles. The van der Waals surface area contributed by atoms with E-state index < -0.39 is 5.60 Å². The Morgan fingerprint density at radius 1 is 1.27 bits per heavy atom. The predicted octanol–water partition coefficient (Wildman–Crippen LogP) is 3.27. The molecule has 0 aromatic heterocycles. The van der Waals surface area contributed by atoms with Crippen molar-refractivity contribution in [3.8, 4) is 5.75 Å². The number of ether oxygens (including phenoxy) is 1. The smallest absolute Gasteiger partial charge is 0.138 e. The molecule has 1 aromatic carbocycles. The van der Waals surface area contributed by atoms with Gasteiger partial charge in [-0.05, 0) is 25.0 Å². The van der Waals surface area contributed by atoms with Crippen LogP contribution in [-0.2, 0) is 0 Å². The Labute approximate surface area is 95.8 Å². The van der Waals surface area contributed by atoms with Crippen LogP contribution in [0.5, 0.6) is 5.75 Å². The normalized spacial score (nSPS) is 11.5. The molecule has 0 heterocycles. The summed E-state index contributed by atoms with van der Waals surface area (Å²) < 4.78 is 5.50. The minimum atomic E-state index is -0.751.